The topological polar surface area (TPSA) is 55.9 Å². The highest BCUT2D eigenvalue weighted by Crippen LogP contribution is 2.20. The molecule has 72 valence electrons. The van der Waals surface area contributed by atoms with Crippen LogP contribution < -0.4 is 11.1 Å². The monoisotopic (exact) mass is 180 g/mol. The highest BCUT2D eigenvalue weighted by atomic mass is 15.3. The minimum Gasteiger partial charge on any atom is -0.394 e. The average Bonchev–Trinajstić information content (AvgIpc) is 2.32. The first-order valence-electron chi connectivity index (χ1n) is 4.31. The minimum absolute atomic E-state index is 0.729. The van der Waals surface area contributed by atoms with Gasteiger partial charge in [-0.05, 0) is 13.8 Å². The number of hydrogen-bond acceptors (Lipinski definition) is 3. The molecule has 1 aromatic heterocycles. The Kier molecular flexibility index (Phi) is 2.95. The number of nitrogens with one attached hydrogen (secondary N) is 1. The van der Waals surface area contributed by atoms with Crippen LogP contribution in [0.4, 0.5) is 11.5 Å². The van der Waals surface area contributed by atoms with Gasteiger partial charge in [0.25, 0.3) is 0 Å². The maximum atomic E-state index is 5.82. The van der Waals surface area contributed by atoms with Crippen molar-refractivity contribution in [1.82, 2.24) is 9.78 Å². The molecule has 13 heavy (non-hydrogen) atoms. The Morgan fingerprint density at radius 3 is 2.77 bits per heavy atom. The molecule has 0 spiro atoms. The minimum atomic E-state index is 0.729. The van der Waals surface area contributed by atoms with Crippen LogP contribution in [-0.4, -0.2) is 16.3 Å². The molecule has 0 amide bonds. The van der Waals surface area contributed by atoms with Crippen molar-refractivity contribution >= 4 is 11.5 Å². The summed E-state index contributed by atoms with van der Waals surface area (Å²) in [7, 11) is 1.88. The molecule has 0 bridgehead atoms. The largest absolute Gasteiger partial charge is 0.394 e. The lowest BCUT2D eigenvalue weighted by atomic mass is 10.4. The molecule has 1 heterocycles. The van der Waals surface area contributed by atoms with Crippen LogP contribution in [-0.2, 0) is 7.05 Å². The SMILES string of the molecule is C/C=C/CNc1c(N)c(C)nn1C. The van der Waals surface area contributed by atoms with E-state index in [9.17, 15) is 0 Å². The van der Waals surface area contributed by atoms with Gasteiger partial charge in [-0.25, -0.2) is 0 Å². The van der Waals surface area contributed by atoms with Crippen molar-refractivity contribution in [2.24, 2.45) is 7.05 Å². The van der Waals surface area contributed by atoms with E-state index in [0.717, 1.165) is 23.7 Å². The molecule has 0 fully saturated rings. The maximum absolute atomic E-state index is 5.82. The number of nitrogen functional groups attached to an aromatic ring is 1. The molecule has 1 rings (SSSR count). The Labute approximate surface area is 78.4 Å². The van der Waals surface area contributed by atoms with Crippen LogP contribution in [0.15, 0.2) is 12.2 Å². The normalized spacial score (nSPS) is 11.0. The van der Waals surface area contributed by atoms with Crippen molar-refractivity contribution in [2.75, 3.05) is 17.6 Å². The first-order chi connectivity index (χ1) is 6.16. The number of aromatic nitrogens is 2. The molecular formula is C9H16N4. The van der Waals surface area contributed by atoms with Gasteiger partial charge < -0.3 is 11.1 Å². The highest BCUT2D eigenvalue weighted by Gasteiger charge is 2.07. The van der Waals surface area contributed by atoms with E-state index in [2.05, 4.69) is 10.4 Å². The van der Waals surface area contributed by atoms with Crippen LogP contribution in [0.2, 0.25) is 0 Å². The van der Waals surface area contributed by atoms with Gasteiger partial charge in [0.2, 0.25) is 0 Å². The molecule has 0 unspecified atom stereocenters. The number of allylic oxidation sites excluding steroid dienone is 1. The van der Waals surface area contributed by atoms with Crippen LogP contribution in [0, 0.1) is 6.92 Å². The van der Waals surface area contributed by atoms with Crippen molar-refractivity contribution in [2.45, 2.75) is 13.8 Å². The molecule has 0 aliphatic carbocycles. The second kappa shape index (κ2) is 3.98. The summed E-state index contributed by atoms with van der Waals surface area (Å²) in [6.45, 7) is 4.66. The van der Waals surface area contributed by atoms with Crippen molar-refractivity contribution < 1.29 is 0 Å². The van der Waals surface area contributed by atoms with Gasteiger partial charge in [0.1, 0.15) is 5.82 Å². The lowest BCUT2D eigenvalue weighted by Crippen LogP contribution is -2.05. The van der Waals surface area contributed by atoms with E-state index in [1.54, 1.807) is 4.68 Å². The zero-order valence-electron chi connectivity index (χ0n) is 8.33. The molecule has 0 radical (unpaired) electrons. The molecule has 3 N–H and O–H groups in total. The zero-order chi connectivity index (χ0) is 9.84. The maximum Gasteiger partial charge on any atom is 0.148 e. The number of rotatable bonds is 3. The van der Waals surface area contributed by atoms with E-state index < -0.39 is 0 Å². The van der Waals surface area contributed by atoms with Crippen molar-refractivity contribution in [1.29, 1.82) is 0 Å². The Balaban J connectivity index is 2.75. The fourth-order valence-electron chi connectivity index (χ4n) is 1.16. The molecule has 0 aliphatic rings. The number of nitrogens with two attached hydrogens (primary N) is 1. The van der Waals surface area contributed by atoms with Crippen molar-refractivity contribution in [3.63, 3.8) is 0 Å². The third kappa shape index (κ3) is 2.02. The van der Waals surface area contributed by atoms with Crippen LogP contribution >= 0.6 is 0 Å². The molecule has 0 saturated carbocycles. The van der Waals surface area contributed by atoms with Crippen LogP contribution in [0.1, 0.15) is 12.6 Å². The van der Waals surface area contributed by atoms with Gasteiger partial charge in [0.05, 0.1) is 11.4 Å². The smallest absolute Gasteiger partial charge is 0.148 e. The third-order valence-electron chi connectivity index (χ3n) is 1.89. The summed E-state index contributed by atoms with van der Waals surface area (Å²) in [5.41, 5.74) is 7.41. The Morgan fingerprint density at radius 2 is 2.31 bits per heavy atom. The van der Waals surface area contributed by atoms with Gasteiger partial charge in [-0.15, -0.1) is 0 Å². The van der Waals surface area contributed by atoms with E-state index in [1.807, 2.05) is 33.0 Å². The predicted octanol–water partition coefficient (Wildman–Crippen LogP) is 1.30. The summed E-state index contributed by atoms with van der Waals surface area (Å²) in [5, 5.41) is 7.39. The first-order valence-corrected chi connectivity index (χ1v) is 4.31. The van der Waals surface area contributed by atoms with Crippen LogP contribution in [0.3, 0.4) is 0 Å². The molecule has 0 aromatic carbocycles. The second-order valence-electron chi connectivity index (χ2n) is 2.92. The number of aryl methyl sites for hydroxylation is 2. The van der Waals surface area contributed by atoms with Gasteiger partial charge in [0.15, 0.2) is 0 Å². The predicted molar refractivity (Wildman–Crippen MR) is 55.7 cm³/mol. The lowest BCUT2D eigenvalue weighted by molar-refractivity contribution is 0.761. The van der Waals surface area contributed by atoms with Crippen LogP contribution in [0.25, 0.3) is 0 Å². The van der Waals surface area contributed by atoms with Gasteiger partial charge in [-0.3, -0.25) is 4.68 Å². The van der Waals surface area contributed by atoms with E-state index >= 15 is 0 Å². The van der Waals surface area contributed by atoms with Crippen LogP contribution in [0.5, 0.6) is 0 Å². The quantitative estimate of drug-likeness (QED) is 0.689. The summed E-state index contributed by atoms with van der Waals surface area (Å²) in [6, 6.07) is 0. The number of hydrogen-bond donors (Lipinski definition) is 2. The molecule has 4 nitrogen and oxygen atoms in total. The van der Waals surface area contributed by atoms with Gasteiger partial charge >= 0.3 is 0 Å². The Hall–Kier alpha value is -1.45. The molecule has 0 saturated heterocycles. The van der Waals surface area contributed by atoms with E-state index in [-0.39, 0.29) is 0 Å². The van der Waals surface area contributed by atoms with Gasteiger partial charge in [0, 0.05) is 13.6 Å². The Morgan fingerprint density at radius 1 is 1.62 bits per heavy atom. The standard InChI is InChI=1S/C9H16N4/c1-4-5-6-11-9-8(10)7(2)12-13(9)3/h4-5,11H,6,10H2,1-3H3/b5-4+. The number of nitrogens with zero attached hydrogens (tertiary/aromatic N) is 2. The van der Waals surface area contributed by atoms with E-state index in [4.69, 9.17) is 5.73 Å². The molecule has 0 atom stereocenters. The Bertz CT molecular complexity index is 312. The van der Waals surface area contributed by atoms with E-state index in [1.165, 1.54) is 0 Å². The summed E-state index contributed by atoms with van der Waals surface area (Å²) in [6.07, 6.45) is 4.02. The summed E-state index contributed by atoms with van der Waals surface area (Å²) in [4.78, 5) is 0. The third-order valence-corrected chi connectivity index (χ3v) is 1.89. The molecule has 1 aromatic rings. The summed E-state index contributed by atoms with van der Waals surface area (Å²) < 4.78 is 1.76. The van der Waals surface area contributed by atoms with Crippen molar-refractivity contribution in [3.8, 4) is 0 Å². The average molecular weight is 180 g/mol. The first kappa shape index (κ1) is 9.64. The zero-order valence-corrected chi connectivity index (χ0v) is 8.33. The van der Waals surface area contributed by atoms with Gasteiger partial charge in [-0.2, -0.15) is 5.10 Å². The summed E-state index contributed by atoms with van der Waals surface area (Å²) >= 11 is 0. The number of anilines is 2. The highest BCUT2D eigenvalue weighted by molar-refractivity contribution is 5.64. The molecule has 0 aliphatic heterocycles. The lowest BCUT2D eigenvalue weighted by Gasteiger charge is -2.04. The van der Waals surface area contributed by atoms with Gasteiger partial charge in [-0.1, -0.05) is 12.2 Å². The molecular weight excluding hydrogens is 164 g/mol. The summed E-state index contributed by atoms with van der Waals surface area (Å²) in [5.74, 6) is 0.885. The van der Waals surface area contributed by atoms with Crippen molar-refractivity contribution in [3.05, 3.63) is 17.8 Å². The van der Waals surface area contributed by atoms with E-state index in [0.29, 0.717) is 0 Å². The second-order valence-corrected chi connectivity index (χ2v) is 2.92. The fraction of sp³-hybridized carbons (Fsp3) is 0.444. The molecule has 4 heteroatoms. The fourth-order valence-corrected chi connectivity index (χ4v) is 1.16.